The van der Waals surface area contributed by atoms with Crippen LogP contribution >= 0.6 is 0 Å². The van der Waals surface area contributed by atoms with Crippen molar-refractivity contribution in [2.75, 3.05) is 39.0 Å². The number of nitrogens with zero attached hydrogens (tertiary/aromatic N) is 4. The topological polar surface area (TPSA) is 61.4 Å². The second-order valence-corrected chi connectivity index (χ2v) is 7.72. The van der Waals surface area contributed by atoms with E-state index in [4.69, 9.17) is 9.97 Å². The van der Waals surface area contributed by atoms with E-state index in [1.165, 1.54) is 17.7 Å². The van der Waals surface area contributed by atoms with Crippen molar-refractivity contribution in [1.82, 2.24) is 19.8 Å². The van der Waals surface area contributed by atoms with E-state index in [2.05, 4.69) is 17.3 Å². The van der Waals surface area contributed by atoms with E-state index in [-0.39, 0.29) is 17.6 Å². The molecule has 1 amide bonds. The van der Waals surface area contributed by atoms with E-state index in [1.807, 2.05) is 11.9 Å². The lowest BCUT2D eigenvalue weighted by Gasteiger charge is -2.26. The standard InChI is InChI=1S/C21H26FN5O/c1-23-21-17-8-9-26(2)13-18(17)24-20(25-21)15-7-10-27(12-15)19(28)11-14-3-5-16(22)6-4-14/h3-6,15H,7-13H2,1-2H3,(H,23,24,25)/t15-/m1/s1. The Morgan fingerprint density at radius 1 is 1.25 bits per heavy atom. The molecule has 1 aromatic heterocycles. The Kier molecular flexibility index (Phi) is 5.26. The molecule has 0 unspecified atom stereocenters. The summed E-state index contributed by atoms with van der Waals surface area (Å²) >= 11 is 0. The molecule has 0 radical (unpaired) electrons. The molecule has 1 fully saturated rings. The first-order valence-electron chi connectivity index (χ1n) is 9.81. The molecule has 1 aromatic carbocycles. The average molecular weight is 383 g/mol. The fraction of sp³-hybridized carbons (Fsp3) is 0.476. The van der Waals surface area contributed by atoms with Gasteiger partial charge in [0.1, 0.15) is 17.5 Å². The summed E-state index contributed by atoms with van der Waals surface area (Å²) in [5, 5.41) is 3.22. The summed E-state index contributed by atoms with van der Waals surface area (Å²) in [7, 11) is 4.01. The first kappa shape index (κ1) is 18.8. The molecular weight excluding hydrogens is 357 g/mol. The molecule has 0 bridgehead atoms. The lowest BCUT2D eigenvalue weighted by molar-refractivity contribution is -0.129. The van der Waals surface area contributed by atoms with Gasteiger partial charge < -0.3 is 15.1 Å². The predicted octanol–water partition coefficient (Wildman–Crippen LogP) is 2.20. The zero-order chi connectivity index (χ0) is 19.7. The molecule has 7 heteroatoms. The maximum Gasteiger partial charge on any atom is 0.227 e. The second-order valence-electron chi connectivity index (χ2n) is 7.72. The van der Waals surface area contributed by atoms with E-state index < -0.39 is 0 Å². The summed E-state index contributed by atoms with van der Waals surface area (Å²) in [6.07, 6.45) is 2.12. The Morgan fingerprint density at radius 3 is 2.79 bits per heavy atom. The Bertz CT molecular complexity index is 870. The maximum absolute atomic E-state index is 13.1. The van der Waals surface area contributed by atoms with Gasteiger partial charge in [0.2, 0.25) is 5.91 Å². The number of carbonyl (C=O) groups excluding carboxylic acids is 1. The fourth-order valence-corrected chi connectivity index (χ4v) is 4.06. The van der Waals surface area contributed by atoms with Crippen LogP contribution in [0.2, 0.25) is 0 Å². The summed E-state index contributed by atoms with van der Waals surface area (Å²) in [5.41, 5.74) is 3.14. The molecule has 0 aliphatic carbocycles. The molecule has 6 nitrogen and oxygen atoms in total. The Labute approximate surface area is 164 Å². The summed E-state index contributed by atoms with van der Waals surface area (Å²) in [6.45, 7) is 3.19. The van der Waals surface area contributed by atoms with Crippen LogP contribution in [0.5, 0.6) is 0 Å². The Balaban J connectivity index is 1.47. The number of halogens is 1. The van der Waals surface area contributed by atoms with Gasteiger partial charge in [0.15, 0.2) is 0 Å². The smallest absolute Gasteiger partial charge is 0.227 e. The number of hydrogen-bond donors (Lipinski definition) is 1. The second kappa shape index (κ2) is 7.83. The lowest BCUT2D eigenvalue weighted by atomic mass is 10.0. The minimum atomic E-state index is -0.284. The highest BCUT2D eigenvalue weighted by atomic mass is 19.1. The van der Waals surface area contributed by atoms with Crippen molar-refractivity contribution < 1.29 is 9.18 Å². The van der Waals surface area contributed by atoms with Crippen LogP contribution in [0.3, 0.4) is 0 Å². The van der Waals surface area contributed by atoms with E-state index in [9.17, 15) is 9.18 Å². The molecule has 28 heavy (non-hydrogen) atoms. The SMILES string of the molecule is CNc1nc([C@@H]2CCN(C(=O)Cc3ccc(F)cc3)C2)nc2c1CCN(C)C2. The van der Waals surface area contributed by atoms with Gasteiger partial charge in [-0.25, -0.2) is 14.4 Å². The van der Waals surface area contributed by atoms with Crippen LogP contribution in [-0.2, 0) is 24.2 Å². The van der Waals surface area contributed by atoms with Crippen LogP contribution in [0, 0.1) is 5.82 Å². The van der Waals surface area contributed by atoms with Gasteiger partial charge in [0.25, 0.3) is 0 Å². The third kappa shape index (κ3) is 3.85. The molecule has 1 N–H and O–H groups in total. The molecule has 0 saturated carbocycles. The van der Waals surface area contributed by atoms with Crippen LogP contribution in [0.25, 0.3) is 0 Å². The van der Waals surface area contributed by atoms with Crippen molar-refractivity contribution in [3.05, 3.63) is 52.7 Å². The molecule has 2 aliphatic heterocycles. The van der Waals surface area contributed by atoms with Crippen LogP contribution in [0.15, 0.2) is 24.3 Å². The van der Waals surface area contributed by atoms with Crippen LogP contribution in [0.1, 0.15) is 35.0 Å². The highest BCUT2D eigenvalue weighted by Crippen LogP contribution is 2.30. The van der Waals surface area contributed by atoms with Crippen LogP contribution in [-0.4, -0.2) is 59.4 Å². The van der Waals surface area contributed by atoms with E-state index in [1.54, 1.807) is 12.1 Å². The van der Waals surface area contributed by atoms with Gasteiger partial charge in [-0.1, -0.05) is 12.1 Å². The normalized spacial score (nSPS) is 19.5. The number of hydrogen-bond acceptors (Lipinski definition) is 5. The first-order chi connectivity index (χ1) is 13.5. The van der Waals surface area contributed by atoms with Crippen LogP contribution in [0.4, 0.5) is 10.2 Å². The molecule has 1 saturated heterocycles. The zero-order valence-corrected chi connectivity index (χ0v) is 16.4. The summed E-state index contributed by atoms with van der Waals surface area (Å²) in [4.78, 5) is 26.4. The number of anilines is 1. The van der Waals surface area contributed by atoms with Gasteiger partial charge in [-0.15, -0.1) is 0 Å². The maximum atomic E-state index is 13.1. The predicted molar refractivity (Wildman–Crippen MR) is 106 cm³/mol. The number of carbonyl (C=O) groups is 1. The van der Waals surface area contributed by atoms with E-state index in [0.717, 1.165) is 48.8 Å². The number of aromatic nitrogens is 2. The summed E-state index contributed by atoms with van der Waals surface area (Å²) in [5.74, 6) is 1.69. The molecule has 148 valence electrons. The fourth-order valence-electron chi connectivity index (χ4n) is 4.06. The Hall–Kier alpha value is -2.54. The minimum absolute atomic E-state index is 0.0700. The largest absolute Gasteiger partial charge is 0.373 e. The molecule has 2 aromatic rings. The quantitative estimate of drug-likeness (QED) is 0.877. The van der Waals surface area contributed by atoms with Gasteiger partial charge >= 0.3 is 0 Å². The van der Waals surface area contributed by atoms with Gasteiger partial charge in [0, 0.05) is 44.7 Å². The van der Waals surface area contributed by atoms with Crippen molar-refractivity contribution in [1.29, 1.82) is 0 Å². The van der Waals surface area contributed by atoms with Gasteiger partial charge in [-0.2, -0.15) is 0 Å². The number of likely N-dealkylation sites (N-methyl/N-ethyl adjacent to an activating group) is 1. The number of benzene rings is 1. The highest BCUT2D eigenvalue weighted by molar-refractivity contribution is 5.79. The van der Waals surface area contributed by atoms with Crippen molar-refractivity contribution >= 4 is 11.7 Å². The van der Waals surface area contributed by atoms with E-state index >= 15 is 0 Å². The summed E-state index contributed by atoms with van der Waals surface area (Å²) < 4.78 is 13.1. The van der Waals surface area contributed by atoms with Crippen molar-refractivity contribution in [2.24, 2.45) is 0 Å². The number of likely N-dealkylation sites (tertiary alicyclic amines) is 1. The lowest BCUT2D eigenvalue weighted by Crippen LogP contribution is -2.31. The van der Waals surface area contributed by atoms with E-state index in [0.29, 0.717) is 19.5 Å². The van der Waals surface area contributed by atoms with Gasteiger partial charge in [-0.3, -0.25) is 4.79 Å². The van der Waals surface area contributed by atoms with Crippen molar-refractivity contribution in [2.45, 2.75) is 31.7 Å². The van der Waals surface area contributed by atoms with Gasteiger partial charge in [0.05, 0.1) is 12.1 Å². The molecule has 2 aliphatic rings. The highest BCUT2D eigenvalue weighted by Gasteiger charge is 2.31. The molecule has 4 rings (SSSR count). The number of rotatable bonds is 4. The molecular formula is C21H26FN5O. The molecule has 3 heterocycles. The van der Waals surface area contributed by atoms with Gasteiger partial charge in [-0.05, 0) is 37.6 Å². The molecule has 1 atom stereocenters. The average Bonchev–Trinajstić information content (AvgIpc) is 3.19. The third-order valence-corrected chi connectivity index (χ3v) is 5.68. The minimum Gasteiger partial charge on any atom is -0.373 e. The third-order valence-electron chi connectivity index (χ3n) is 5.68. The summed E-state index contributed by atoms with van der Waals surface area (Å²) in [6, 6.07) is 6.13. The number of fused-ring (bicyclic) bond motifs is 1. The first-order valence-corrected chi connectivity index (χ1v) is 9.81. The molecule has 0 spiro atoms. The van der Waals surface area contributed by atoms with Crippen molar-refractivity contribution in [3.63, 3.8) is 0 Å². The zero-order valence-electron chi connectivity index (χ0n) is 16.4. The van der Waals surface area contributed by atoms with Crippen LogP contribution < -0.4 is 5.32 Å². The Morgan fingerprint density at radius 2 is 2.04 bits per heavy atom. The number of nitrogens with one attached hydrogen (secondary N) is 1. The van der Waals surface area contributed by atoms with Crippen molar-refractivity contribution in [3.8, 4) is 0 Å². The monoisotopic (exact) mass is 383 g/mol. The number of amides is 1.